The Bertz CT molecular complexity index is 375. The highest BCUT2D eigenvalue weighted by molar-refractivity contribution is 6.71. The number of ether oxygens (including phenoxy) is 1. The second-order valence-electron chi connectivity index (χ2n) is 6.35. The number of hydrogen-bond acceptors (Lipinski definition) is 4. The smallest absolute Gasteiger partial charge is 0.371 e. The number of hydrogen-bond donors (Lipinski definition) is 1. The average molecular weight is 332 g/mol. The molecule has 6 heteroatoms. The zero-order valence-electron chi connectivity index (χ0n) is 14.9. The van der Waals surface area contributed by atoms with E-state index in [2.05, 4.69) is 13.8 Å². The van der Waals surface area contributed by atoms with Gasteiger partial charge in [-0.25, -0.2) is 0 Å². The maximum absolute atomic E-state index is 12.6. The highest BCUT2D eigenvalue weighted by Gasteiger charge is 2.71. The maximum Gasteiger partial charge on any atom is 0.371 e. The summed E-state index contributed by atoms with van der Waals surface area (Å²) in [6.07, 6.45) is 6.02. The van der Waals surface area contributed by atoms with E-state index in [0.717, 1.165) is 51.0 Å². The molecular weight excluding hydrogens is 298 g/mol. The fourth-order valence-corrected chi connectivity index (χ4v) is 8.82. The summed E-state index contributed by atoms with van der Waals surface area (Å²) >= 11 is 0. The number of unbranched alkanes of at least 4 members (excludes halogenated alkanes) is 1. The van der Waals surface area contributed by atoms with E-state index < -0.39 is 19.2 Å². The van der Waals surface area contributed by atoms with E-state index in [9.17, 15) is 4.79 Å². The van der Waals surface area contributed by atoms with Crippen LogP contribution in [0.4, 0.5) is 0 Å². The van der Waals surface area contributed by atoms with Gasteiger partial charge in [-0.05, 0) is 25.3 Å². The molecule has 130 valence electrons. The molecule has 22 heavy (non-hydrogen) atoms. The molecular formula is C16H33NO4Si. The van der Waals surface area contributed by atoms with Crippen LogP contribution in [-0.4, -0.2) is 41.0 Å². The Labute approximate surface area is 136 Å². The Hall–Kier alpha value is -0.433. The van der Waals surface area contributed by atoms with E-state index in [4.69, 9.17) is 19.3 Å². The van der Waals surface area contributed by atoms with Gasteiger partial charge >= 0.3 is 8.56 Å². The summed E-state index contributed by atoms with van der Waals surface area (Å²) in [5.74, 6) is -0.262. The van der Waals surface area contributed by atoms with E-state index in [1.807, 2.05) is 0 Å². The summed E-state index contributed by atoms with van der Waals surface area (Å²) in [4.78, 5) is 12.6. The molecule has 2 unspecified atom stereocenters. The Kier molecular flexibility index (Phi) is 7.04. The van der Waals surface area contributed by atoms with Crippen molar-refractivity contribution in [2.24, 2.45) is 11.1 Å². The van der Waals surface area contributed by atoms with Gasteiger partial charge in [-0.3, -0.25) is 4.79 Å². The minimum absolute atomic E-state index is 0.262. The number of carbonyl (C=O) groups excluding carboxylic acids is 1. The molecule has 0 radical (unpaired) electrons. The summed E-state index contributed by atoms with van der Waals surface area (Å²) in [7, 11) is 2.36. The molecule has 0 aliphatic carbocycles. The molecule has 1 saturated heterocycles. The Balaban J connectivity index is 3.51. The number of carbonyl (C=O) groups is 1. The monoisotopic (exact) mass is 331 g/mol. The van der Waals surface area contributed by atoms with Crippen LogP contribution in [0.1, 0.15) is 58.8 Å². The van der Waals surface area contributed by atoms with Crippen molar-refractivity contribution in [3.05, 3.63) is 0 Å². The number of rotatable bonds is 9. The van der Waals surface area contributed by atoms with Gasteiger partial charge in [-0.1, -0.05) is 39.5 Å². The first-order valence-electron chi connectivity index (χ1n) is 8.41. The van der Waals surface area contributed by atoms with Gasteiger partial charge in [0.25, 0.3) is 0 Å². The lowest BCUT2D eigenvalue weighted by atomic mass is 9.70. The number of primary amides is 1. The van der Waals surface area contributed by atoms with Crippen LogP contribution >= 0.6 is 0 Å². The van der Waals surface area contributed by atoms with Crippen LogP contribution in [0.2, 0.25) is 6.04 Å². The molecule has 1 aliphatic rings. The number of amides is 1. The number of methoxy groups -OCH3 is 1. The molecule has 0 spiro atoms. The molecule has 1 fully saturated rings. The lowest BCUT2D eigenvalue weighted by Crippen LogP contribution is -2.75. The molecule has 1 aliphatic heterocycles. The second kappa shape index (κ2) is 7.90. The third-order valence-electron chi connectivity index (χ3n) is 5.54. The highest BCUT2D eigenvalue weighted by Crippen LogP contribution is 2.56. The van der Waals surface area contributed by atoms with E-state index in [-0.39, 0.29) is 5.91 Å². The van der Waals surface area contributed by atoms with Crippen LogP contribution in [0, 0.1) is 5.41 Å². The average Bonchev–Trinajstić information content (AvgIpc) is 2.53. The zero-order valence-corrected chi connectivity index (χ0v) is 15.9. The molecule has 0 bridgehead atoms. The van der Waals surface area contributed by atoms with Crippen LogP contribution in [0.25, 0.3) is 0 Å². The van der Waals surface area contributed by atoms with Gasteiger partial charge < -0.3 is 19.3 Å². The van der Waals surface area contributed by atoms with Gasteiger partial charge in [-0.15, -0.1) is 0 Å². The van der Waals surface area contributed by atoms with Crippen molar-refractivity contribution in [3.63, 3.8) is 0 Å². The molecule has 0 aromatic heterocycles. The topological polar surface area (TPSA) is 70.8 Å². The molecule has 1 heterocycles. The van der Waals surface area contributed by atoms with Crippen molar-refractivity contribution in [2.45, 2.75) is 70.1 Å². The quantitative estimate of drug-likeness (QED) is 0.660. The first-order chi connectivity index (χ1) is 10.5. The van der Waals surface area contributed by atoms with E-state index in [0.29, 0.717) is 0 Å². The third kappa shape index (κ3) is 2.75. The summed E-state index contributed by atoms with van der Waals surface area (Å²) < 4.78 is 18.0. The fraction of sp³-hybridized carbons (Fsp3) is 0.938. The molecule has 1 amide bonds. The predicted molar refractivity (Wildman–Crippen MR) is 89.6 cm³/mol. The minimum atomic E-state index is -2.70. The van der Waals surface area contributed by atoms with E-state index in [1.54, 1.807) is 21.3 Å². The van der Waals surface area contributed by atoms with Crippen molar-refractivity contribution >= 4 is 14.5 Å². The van der Waals surface area contributed by atoms with Crippen LogP contribution in [0.5, 0.6) is 0 Å². The van der Waals surface area contributed by atoms with Crippen molar-refractivity contribution in [1.29, 1.82) is 0 Å². The number of nitrogens with two attached hydrogens (primary N) is 1. The Morgan fingerprint density at radius 2 is 1.77 bits per heavy atom. The van der Waals surface area contributed by atoms with E-state index >= 15 is 0 Å². The molecule has 2 N–H and O–H groups in total. The molecule has 0 aromatic rings. The molecule has 0 saturated carbocycles. The van der Waals surface area contributed by atoms with Gasteiger partial charge in [0.2, 0.25) is 5.91 Å². The largest absolute Gasteiger partial charge is 0.396 e. The summed E-state index contributed by atoms with van der Waals surface area (Å²) in [6, 6.07) is 0.842. The minimum Gasteiger partial charge on any atom is -0.396 e. The van der Waals surface area contributed by atoms with Crippen molar-refractivity contribution in [1.82, 2.24) is 0 Å². The zero-order chi connectivity index (χ0) is 16.9. The molecule has 0 aromatic carbocycles. The Morgan fingerprint density at radius 3 is 2.18 bits per heavy atom. The van der Waals surface area contributed by atoms with Gasteiger partial charge in [0.15, 0.2) is 0 Å². The van der Waals surface area contributed by atoms with Gasteiger partial charge in [0, 0.05) is 21.3 Å². The lowest BCUT2D eigenvalue weighted by Gasteiger charge is -2.57. The normalized spacial score (nSPS) is 31.1. The highest BCUT2D eigenvalue weighted by atomic mass is 28.4. The van der Waals surface area contributed by atoms with Crippen LogP contribution in [0.15, 0.2) is 0 Å². The maximum atomic E-state index is 12.6. The predicted octanol–water partition coefficient (Wildman–Crippen LogP) is 2.90. The summed E-state index contributed by atoms with van der Waals surface area (Å²) in [6.45, 7) is 4.23. The second-order valence-corrected chi connectivity index (χ2v) is 9.98. The SMILES string of the molecule is CCCCC1(C(N)=O)CCC[Si](OC)(OC)C1(CCC)OC. The van der Waals surface area contributed by atoms with Crippen molar-refractivity contribution in [2.75, 3.05) is 21.3 Å². The Morgan fingerprint density at radius 1 is 1.14 bits per heavy atom. The van der Waals surface area contributed by atoms with Crippen molar-refractivity contribution < 1.29 is 18.4 Å². The van der Waals surface area contributed by atoms with Crippen LogP contribution in [-0.2, 0) is 18.4 Å². The third-order valence-corrected chi connectivity index (χ3v) is 10.0. The van der Waals surface area contributed by atoms with E-state index in [1.165, 1.54) is 0 Å². The van der Waals surface area contributed by atoms with Crippen molar-refractivity contribution in [3.8, 4) is 0 Å². The summed E-state index contributed by atoms with van der Waals surface area (Å²) in [5, 5.41) is -0.711. The van der Waals surface area contributed by atoms with Gasteiger partial charge in [-0.2, -0.15) is 0 Å². The molecule has 2 atom stereocenters. The molecule has 1 rings (SSSR count). The van der Waals surface area contributed by atoms with Crippen LogP contribution < -0.4 is 5.73 Å². The standard InChI is InChI=1S/C16H33NO4Si/c1-6-8-11-15(14(17)18)12-9-13-22(20-4,21-5)16(15,19-3)10-7-2/h6-13H2,1-5H3,(H2,17,18). The molecule has 5 nitrogen and oxygen atoms in total. The fourth-order valence-electron chi connectivity index (χ4n) is 4.49. The first kappa shape index (κ1) is 19.6. The first-order valence-corrected chi connectivity index (χ1v) is 10.4. The van der Waals surface area contributed by atoms with Gasteiger partial charge in [0.1, 0.15) is 5.22 Å². The summed E-state index contributed by atoms with van der Waals surface area (Å²) in [5.41, 5.74) is 5.26. The van der Waals surface area contributed by atoms with Crippen LogP contribution in [0.3, 0.4) is 0 Å². The lowest BCUT2D eigenvalue weighted by molar-refractivity contribution is -0.154. The van der Waals surface area contributed by atoms with Gasteiger partial charge in [0.05, 0.1) is 5.41 Å².